The number of likely N-dealkylation sites (tertiary alicyclic amines) is 1. The maximum Gasteiger partial charge on any atom is 0.317 e. The molecular formula is C14H18N2O3. The van der Waals surface area contributed by atoms with Crippen molar-refractivity contribution < 1.29 is 14.7 Å². The first kappa shape index (κ1) is 13.4. The number of carbonyl (C=O) groups excluding carboxylic acids is 1. The topological polar surface area (TPSA) is 69.6 Å². The second-order valence-electron chi connectivity index (χ2n) is 4.91. The smallest absolute Gasteiger partial charge is 0.317 e. The van der Waals surface area contributed by atoms with Crippen molar-refractivity contribution in [3.05, 3.63) is 35.4 Å². The van der Waals surface area contributed by atoms with Gasteiger partial charge >= 0.3 is 12.0 Å². The molecule has 2 amide bonds. The standard InChI is InChI=1S/C14H18N2O3/c1-10-3-2-4-11(7-10)5-6-15-14(19)16-8-12(9-16)13(17)18/h2-4,7,12H,5-6,8-9H2,1H3,(H,15,19)(H,17,18). The van der Waals surface area contributed by atoms with Gasteiger partial charge in [0, 0.05) is 19.6 Å². The van der Waals surface area contributed by atoms with Gasteiger partial charge < -0.3 is 15.3 Å². The summed E-state index contributed by atoms with van der Waals surface area (Å²) in [6, 6.07) is 7.98. The highest BCUT2D eigenvalue weighted by atomic mass is 16.4. The molecule has 5 nitrogen and oxygen atoms in total. The van der Waals surface area contributed by atoms with E-state index in [4.69, 9.17) is 5.11 Å². The van der Waals surface area contributed by atoms with Crippen LogP contribution in [0, 0.1) is 12.8 Å². The SMILES string of the molecule is Cc1cccc(CCNC(=O)N2CC(C(=O)O)C2)c1. The van der Waals surface area contributed by atoms with Crippen LogP contribution in [0.15, 0.2) is 24.3 Å². The number of hydrogen-bond acceptors (Lipinski definition) is 2. The van der Waals surface area contributed by atoms with Gasteiger partial charge in [0.1, 0.15) is 0 Å². The lowest BCUT2D eigenvalue weighted by atomic mass is 10.0. The normalized spacial score (nSPS) is 14.9. The lowest BCUT2D eigenvalue weighted by molar-refractivity contribution is -0.146. The van der Waals surface area contributed by atoms with Gasteiger partial charge in [-0.3, -0.25) is 4.79 Å². The molecule has 102 valence electrons. The summed E-state index contributed by atoms with van der Waals surface area (Å²) in [4.78, 5) is 23.8. The summed E-state index contributed by atoms with van der Waals surface area (Å²) >= 11 is 0. The van der Waals surface area contributed by atoms with E-state index in [1.165, 1.54) is 16.0 Å². The number of carboxylic acids is 1. The fourth-order valence-electron chi connectivity index (χ4n) is 2.09. The fourth-order valence-corrected chi connectivity index (χ4v) is 2.09. The van der Waals surface area contributed by atoms with Crippen molar-refractivity contribution in [3.8, 4) is 0 Å². The Labute approximate surface area is 112 Å². The lowest BCUT2D eigenvalue weighted by Crippen LogP contribution is -2.56. The Balaban J connectivity index is 1.69. The number of aliphatic carboxylic acids is 1. The maximum atomic E-state index is 11.7. The van der Waals surface area contributed by atoms with Gasteiger partial charge in [0.2, 0.25) is 0 Å². The summed E-state index contributed by atoms with van der Waals surface area (Å²) in [7, 11) is 0. The molecule has 0 bridgehead atoms. The molecule has 1 heterocycles. The Hall–Kier alpha value is -2.04. The number of rotatable bonds is 4. The number of nitrogens with one attached hydrogen (secondary N) is 1. The average Bonchev–Trinajstić information content (AvgIpc) is 2.26. The van der Waals surface area contributed by atoms with Crippen LogP contribution in [0.5, 0.6) is 0 Å². The van der Waals surface area contributed by atoms with Crippen LogP contribution < -0.4 is 5.32 Å². The average molecular weight is 262 g/mol. The number of carboxylic acid groups (broad SMARTS) is 1. The molecule has 0 spiro atoms. The highest BCUT2D eigenvalue weighted by molar-refractivity contribution is 5.79. The Morgan fingerprint density at radius 3 is 2.79 bits per heavy atom. The van der Waals surface area contributed by atoms with Crippen LogP contribution in [0.2, 0.25) is 0 Å². The molecule has 5 heteroatoms. The zero-order valence-electron chi connectivity index (χ0n) is 10.9. The molecule has 0 unspecified atom stereocenters. The van der Waals surface area contributed by atoms with E-state index < -0.39 is 11.9 Å². The van der Waals surface area contributed by atoms with Crippen molar-refractivity contribution in [1.82, 2.24) is 10.2 Å². The molecule has 2 rings (SSSR count). The number of urea groups is 1. The third-order valence-corrected chi connectivity index (χ3v) is 3.29. The van der Waals surface area contributed by atoms with E-state index in [1.54, 1.807) is 0 Å². The predicted octanol–water partition coefficient (Wildman–Crippen LogP) is 1.26. The molecular weight excluding hydrogens is 244 g/mol. The number of benzene rings is 1. The summed E-state index contributed by atoms with van der Waals surface area (Å²) in [6.07, 6.45) is 0.781. The van der Waals surface area contributed by atoms with E-state index in [0.29, 0.717) is 19.6 Å². The molecule has 1 fully saturated rings. The van der Waals surface area contributed by atoms with E-state index in [2.05, 4.69) is 11.4 Å². The van der Waals surface area contributed by atoms with Gasteiger partial charge in [-0.25, -0.2) is 4.79 Å². The van der Waals surface area contributed by atoms with Crippen molar-refractivity contribution in [2.45, 2.75) is 13.3 Å². The first-order chi connectivity index (χ1) is 9.06. The van der Waals surface area contributed by atoms with Crippen LogP contribution in [-0.2, 0) is 11.2 Å². The van der Waals surface area contributed by atoms with E-state index in [1.807, 2.05) is 25.1 Å². The number of hydrogen-bond donors (Lipinski definition) is 2. The minimum atomic E-state index is -0.830. The first-order valence-corrected chi connectivity index (χ1v) is 6.37. The van der Waals surface area contributed by atoms with E-state index in [0.717, 1.165) is 6.42 Å². The molecule has 0 aliphatic carbocycles. The summed E-state index contributed by atoms with van der Waals surface area (Å²) in [6.45, 7) is 3.22. The van der Waals surface area contributed by atoms with Crippen molar-refractivity contribution in [2.75, 3.05) is 19.6 Å². The molecule has 2 N–H and O–H groups in total. The molecule has 1 saturated heterocycles. The second-order valence-corrected chi connectivity index (χ2v) is 4.91. The largest absolute Gasteiger partial charge is 0.481 e. The van der Waals surface area contributed by atoms with Gasteiger partial charge in [0.25, 0.3) is 0 Å². The molecule has 1 aromatic rings. The number of nitrogens with zero attached hydrogens (tertiary/aromatic N) is 1. The van der Waals surface area contributed by atoms with Crippen molar-refractivity contribution in [3.63, 3.8) is 0 Å². The zero-order chi connectivity index (χ0) is 13.8. The van der Waals surface area contributed by atoms with Crippen molar-refractivity contribution >= 4 is 12.0 Å². The molecule has 1 aliphatic heterocycles. The Morgan fingerprint density at radius 1 is 1.42 bits per heavy atom. The maximum absolute atomic E-state index is 11.7. The highest BCUT2D eigenvalue weighted by Gasteiger charge is 2.35. The van der Waals surface area contributed by atoms with Gasteiger partial charge in [-0.2, -0.15) is 0 Å². The van der Waals surface area contributed by atoms with Crippen molar-refractivity contribution in [2.24, 2.45) is 5.92 Å². The zero-order valence-corrected chi connectivity index (χ0v) is 10.9. The van der Waals surface area contributed by atoms with Crippen LogP contribution >= 0.6 is 0 Å². The third-order valence-electron chi connectivity index (χ3n) is 3.29. The molecule has 0 saturated carbocycles. The Morgan fingerprint density at radius 2 is 2.16 bits per heavy atom. The van der Waals surface area contributed by atoms with Crippen LogP contribution in [0.1, 0.15) is 11.1 Å². The quantitative estimate of drug-likeness (QED) is 0.858. The summed E-state index contributed by atoms with van der Waals surface area (Å²) in [5, 5.41) is 11.5. The molecule has 0 radical (unpaired) electrons. The minimum absolute atomic E-state index is 0.176. The number of amides is 2. The van der Waals surface area contributed by atoms with E-state index >= 15 is 0 Å². The first-order valence-electron chi connectivity index (χ1n) is 6.37. The monoisotopic (exact) mass is 262 g/mol. The van der Waals surface area contributed by atoms with E-state index in [-0.39, 0.29) is 6.03 Å². The van der Waals surface area contributed by atoms with Crippen LogP contribution in [0.4, 0.5) is 4.79 Å². The molecule has 19 heavy (non-hydrogen) atoms. The number of carbonyl (C=O) groups is 2. The molecule has 0 atom stereocenters. The fraction of sp³-hybridized carbons (Fsp3) is 0.429. The Bertz CT molecular complexity index is 481. The van der Waals surface area contributed by atoms with Crippen LogP contribution in [-0.4, -0.2) is 41.6 Å². The second kappa shape index (κ2) is 5.73. The summed E-state index contributed by atoms with van der Waals surface area (Å²) in [5.41, 5.74) is 2.39. The highest BCUT2D eigenvalue weighted by Crippen LogP contribution is 2.15. The van der Waals surface area contributed by atoms with Gasteiger partial charge in [-0.15, -0.1) is 0 Å². The third kappa shape index (κ3) is 3.47. The Kier molecular flexibility index (Phi) is 4.04. The van der Waals surface area contributed by atoms with Gasteiger partial charge in [-0.05, 0) is 18.9 Å². The molecule has 0 aromatic heterocycles. The lowest BCUT2D eigenvalue weighted by Gasteiger charge is -2.36. The van der Waals surface area contributed by atoms with Crippen LogP contribution in [0.25, 0.3) is 0 Å². The summed E-state index contributed by atoms with van der Waals surface area (Å²) < 4.78 is 0. The van der Waals surface area contributed by atoms with E-state index in [9.17, 15) is 9.59 Å². The molecule has 1 aromatic carbocycles. The van der Waals surface area contributed by atoms with Crippen molar-refractivity contribution in [1.29, 1.82) is 0 Å². The predicted molar refractivity (Wildman–Crippen MR) is 71.0 cm³/mol. The minimum Gasteiger partial charge on any atom is -0.481 e. The summed E-state index contributed by atoms with van der Waals surface area (Å²) in [5.74, 6) is -1.23. The van der Waals surface area contributed by atoms with Gasteiger partial charge in [0.05, 0.1) is 5.92 Å². The molecule has 1 aliphatic rings. The van der Waals surface area contributed by atoms with Crippen LogP contribution in [0.3, 0.4) is 0 Å². The number of aryl methyl sites for hydroxylation is 1. The van der Waals surface area contributed by atoms with Gasteiger partial charge in [-0.1, -0.05) is 29.8 Å². The van der Waals surface area contributed by atoms with Gasteiger partial charge in [0.15, 0.2) is 0 Å².